The standard InChI is InChI=1S/C21H18N2O7/c1-11-19(13-5-3-4-6-15(13)22-11)20(24)12(2)30-21(25)14-9-17-18(29-8-7-28-17)10-16(14)23(26)27/h3-6,9-10,12,22H,7-8H2,1-2H3/t12-/m1/s1. The Kier molecular flexibility index (Phi) is 4.86. The first-order valence-corrected chi connectivity index (χ1v) is 9.27. The predicted molar refractivity (Wildman–Crippen MR) is 106 cm³/mol. The van der Waals surface area contributed by atoms with E-state index in [0.717, 1.165) is 11.6 Å². The molecule has 0 saturated carbocycles. The molecule has 9 nitrogen and oxygen atoms in total. The molecule has 3 aromatic rings. The first-order valence-electron chi connectivity index (χ1n) is 9.27. The summed E-state index contributed by atoms with van der Waals surface area (Å²) in [6, 6.07) is 9.63. The minimum absolute atomic E-state index is 0.183. The summed E-state index contributed by atoms with van der Waals surface area (Å²) in [7, 11) is 0. The molecule has 30 heavy (non-hydrogen) atoms. The molecule has 4 rings (SSSR count). The highest BCUT2D eigenvalue weighted by atomic mass is 16.6. The zero-order valence-electron chi connectivity index (χ0n) is 16.3. The van der Waals surface area contributed by atoms with E-state index in [9.17, 15) is 19.7 Å². The van der Waals surface area contributed by atoms with Gasteiger partial charge in [0.2, 0.25) is 5.78 Å². The van der Waals surface area contributed by atoms with E-state index >= 15 is 0 Å². The number of esters is 1. The number of nitrogens with zero attached hydrogens (tertiary/aromatic N) is 1. The number of H-pyrrole nitrogens is 1. The summed E-state index contributed by atoms with van der Waals surface area (Å²) in [6.07, 6.45) is -1.15. The summed E-state index contributed by atoms with van der Waals surface area (Å²) in [5.41, 5.74) is 1.07. The molecule has 0 aliphatic carbocycles. The number of para-hydroxylation sites is 1. The van der Waals surface area contributed by atoms with Gasteiger partial charge in [0.15, 0.2) is 17.6 Å². The van der Waals surface area contributed by atoms with E-state index in [4.69, 9.17) is 14.2 Å². The van der Waals surface area contributed by atoms with Crippen LogP contribution in [-0.2, 0) is 4.74 Å². The van der Waals surface area contributed by atoms with Crippen molar-refractivity contribution in [1.29, 1.82) is 0 Å². The quantitative estimate of drug-likeness (QED) is 0.295. The van der Waals surface area contributed by atoms with Gasteiger partial charge < -0.3 is 19.2 Å². The third kappa shape index (κ3) is 3.34. The topological polar surface area (TPSA) is 121 Å². The maximum absolute atomic E-state index is 13.0. The molecule has 154 valence electrons. The van der Waals surface area contributed by atoms with Crippen molar-refractivity contribution in [3.05, 3.63) is 63.3 Å². The second-order valence-electron chi connectivity index (χ2n) is 6.85. The summed E-state index contributed by atoms with van der Waals surface area (Å²) in [6.45, 7) is 3.70. The molecule has 1 aliphatic heterocycles. The van der Waals surface area contributed by atoms with Crippen molar-refractivity contribution in [2.75, 3.05) is 13.2 Å². The van der Waals surface area contributed by atoms with Crippen molar-refractivity contribution in [2.45, 2.75) is 20.0 Å². The van der Waals surface area contributed by atoms with Crippen LogP contribution in [0.25, 0.3) is 10.9 Å². The second-order valence-corrected chi connectivity index (χ2v) is 6.85. The van der Waals surface area contributed by atoms with Crippen molar-refractivity contribution in [1.82, 2.24) is 4.98 Å². The van der Waals surface area contributed by atoms with Gasteiger partial charge in [0.25, 0.3) is 5.69 Å². The zero-order valence-corrected chi connectivity index (χ0v) is 16.3. The van der Waals surface area contributed by atoms with Crippen LogP contribution in [0.4, 0.5) is 5.69 Å². The second kappa shape index (κ2) is 7.51. The monoisotopic (exact) mass is 410 g/mol. The number of rotatable bonds is 5. The minimum Gasteiger partial charge on any atom is -0.486 e. The molecule has 0 bridgehead atoms. The first kappa shape index (κ1) is 19.4. The number of nitro benzene ring substituents is 1. The number of benzene rings is 2. The zero-order chi connectivity index (χ0) is 21.4. The summed E-state index contributed by atoms with van der Waals surface area (Å²) < 4.78 is 16.0. The van der Waals surface area contributed by atoms with E-state index in [0.29, 0.717) is 16.6 Å². The number of aryl methyl sites for hydroxylation is 1. The lowest BCUT2D eigenvalue weighted by atomic mass is 10.0. The number of Topliss-reactive ketones (excluding diaryl/α,β-unsaturated/α-hetero) is 1. The smallest absolute Gasteiger partial charge is 0.346 e. The molecule has 2 heterocycles. The maximum atomic E-state index is 13.0. The summed E-state index contributed by atoms with van der Waals surface area (Å²) in [5, 5.41) is 12.2. The van der Waals surface area contributed by atoms with Crippen LogP contribution >= 0.6 is 0 Å². The summed E-state index contributed by atoms with van der Waals surface area (Å²) in [4.78, 5) is 39.6. The van der Waals surface area contributed by atoms with Gasteiger partial charge in [0.1, 0.15) is 18.8 Å². The fourth-order valence-corrected chi connectivity index (χ4v) is 3.47. The van der Waals surface area contributed by atoms with E-state index in [1.807, 2.05) is 18.2 Å². The molecule has 0 spiro atoms. The Balaban J connectivity index is 1.63. The van der Waals surface area contributed by atoms with Crippen molar-refractivity contribution >= 4 is 28.3 Å². The largest absolute Gasteiger partial charge is 0.486 e. The molecule has 1 atom stereocenters. The highest BCUT2D eigenvalue weighted by Crippen LogP contribution is 2.37. The van der Waals surface area contributed by atoms with Crippen LogP contribution in [0.2, 0.25) is 0 Å². The lowest BCUT2D eigenvalue weighted by Crippen LogP contribution is -2.25. The Hall–Kier alpha value is -3.88. The molecule has 9 heteroatoms. The van der Waals surface area contributed by atoms with Crippen molar-refractivity contribution in [3.63, 3.8) is 0 Å². The molecule has 1 aliphatic rings. The number of nitrogens with one attached hydrogen (secondary N) is 1. The Labute approximate surface area is 170 Å². The molecule has 2 aromatic carbocycles. The average molecular weight is 410 g/mol. The normalized spacial score (nSPS) is 13.7. The van der Waals surface area contributed by atoms with Crippen LogP contribution in [0.15, 0.2) is 36.4 Å². The highest BCUT2D eigenvalue weighted by molar-refractivity contribution is 6.12. The van der Waals surface area contributed by atoms with E-state index in [-0.39, 0.29) is 30.3 Å². The van der Waals surface area contributed by atoms with Gasteiger partial charge in [-0.3, -0.25) is 14.9 Å². The number of carbonyl (C=O) groups excluding carboxylic acids is 2. The van der Waals surface area contributed by atoms with Gasteiger partial charge in [-0.1, -0.05) is 18.2 Å². The van der Waals surface area contributed by atoms with Gasteiger partial charge in [-0.05, 0) is 19.9 Å². The number of nitro groups is 1. The van der Waals surface area contributed by atoms with Crippen LogP contribution in [0.1, 0.15) is 33.3 Å². The van der Waals surface area contributed by atoms with Crippen LogP contribution in [-0.4, -0.2) is 41.0 Å². The van der Waals surface area contributed by atoms with E-state index in [2.05, 4.69) is 4.98 Å². The number of aromatic amines is 1. The minimum atomic E-state index is -1.15. The van der Waals surface area contributed by atoms with E-state index < -0.39 is 28.5 Å². The maximum Gasteiger partial charge on any atom is 0.346 e. The Morgan fingerprint density at radius 1 is 1.17 bits per heavy atom. The van der Waals surface area contributed by atoms with Crippen LogP contribution < -0.4 is 9.47 Å². The molecule has 0 unspecified atom stereocenters. The molecule has 0 fully saturated rings. The SMILES string of the molecule is Cc1[nH]c2ccccc2c1C(=O)[C@@H](C)OC(=O)c1cc2c(cc1[N+](=O)[O-])OCCO2. The van der Waals surface area contributed by atoms with E-state index in [1.54, 1.807) is 13.0 Å². The number of hydrogen-bond donors (Lipinski definition) is 1. The predicted octanol–water partition coefficient (Wildman–Crippen LogP) is 3.58. The molecular weight excluding hydrogens is 392 g/mol. The Bertz CT molecular complexity index is 1180. The summed E-state index contributed by atoms with van der Waals surface area (Å²) in [5.74, 6) is -0.996. The molecule has 0 saturated heterocycles. The van der Waals surface area contributed by atoms with Gasteiger partial charge >= 0.3 is 5.97 Å². The van der Waals surface area contributed by atoms with Gasteiger partial charge in [0.05, 0.1) is 11.0 Å². The van der Waals surface area contributed by atoms with Gasteiger partial charge in [-0.15, -0.1) is 0 Å². The fourth-order valence-electron chi connectivity index (χ4n) is 3.47. The van der Waals surface area contributed by atoms with Crippen LogP contribution in [0, 0.1) is 17.0 Å². The van der Waals surface area contributed by atoms with Gasteiger partial charge in [0, 0.05) is 28.2 Å². The number of carbonyl (C=O) groups is 2. The number of ether oxygens (including phenoxy) is 3. The Morgan fingerprint density at radius 3 is 2.53 bits per heavy atom. The number of hydrogen-bond acceptors (Lipinski definition) is 7. The average Bonchev–Trinajstić information content (AvgIpc) is 3.07. The summed E-state index contributed by atoms with van der Waals surface area (Å²) >= 11 is 0. The van der Waals surface area contributed by atoms with Gasteiger partial charge in [-0.2, -0.15) is 0 Å². The lowest BCUT2D eigenvalue weighted by molar-refractivity contribution is -0.385. The molecule has 0 radical (unpaired) electrons. The fraction of sp³-hybridized carbons (Fsp3) is 0.238. The lowest BCUT2D eigenvalue weighted by Gasteiger charge is -2.19. The van der Waals surface area contributed by atoms with Gasteiger partial charge in [-0.25, -0.2) is 4.79 Å². The number of fused-ring (bicyclic) bond motifs is 2. The third-order valence-electron chi connectivity index (χ3n) is 4.87. The van der Waals surface area contributed by atoms with Crippen LogP contribution in [0.5, 0.6) is 11.5 Å². The number of ketones is 1. The molecular formula is C21H18N2O7. The Morgan fingerprint density at radius 2 is 1.83 bits per heavy atom. The van der Waals surface area contributed by atoms with Crippen LogP contribution in [0.3, 0.4) is 0 Å². The van der Waals surface area contributed by atoms with Crippen molar-refractivity contribution < 1.29 is 28.7 Å². The molecule has 0 amide bonds. The number of aromatic nitrogens is 1. The first-order chi connectivity index (χ1) is 14.4. The third-order valence-corrected chi connectivity index (χ3v) is 4.87. The highest BCUT2D eigenvalue weighted by Gasteiger charge is 2.30. The molecule has 1 aromatic heterocycles. The van der Waals surface area contributed by atoms with E-state index in [1.165, 1.54) is 13.0 Å². The van der Waals surface area contributed by atoms with Crippen molar-refractivity contribution in [3.8, 4) is 11.5 Å². The molecule has 1 N–H and O–H groups in total. The van der Waals surface area contributed by atoms with Crippen molar-refractivity contribution in [2.24, 2.45) is 0 Å².